The van der Waals surface area contributed by atoms with Crippen molar-refractivity contribution < 1.29 is 18.0 Å². The summed E-state index contributed by atoms with van der Waals surface area (Å²) in [7, 11) is -4.13. The van der Waals surface area contributed by atoms with E-state index in [0.717, 1.165) is 4.31 Å². The number of nitrogens with one attached hydrogen (secondary N) is 2. The third-order valence-corrected chi connectivity index (χ3v) is 7.98. The van der Waals surface area contributed by atoms with Gasteiger partial charge < -0.3 is 10.6 Å². The van der Waals surface area contributed by atoms with Gasteiger partial charge in [0, 0.05) is 23.1 Å². The van der Waals surface area contributed by atoms with E-state index in [4.69, 9.17) is 0 Å². The van der Waals surface area contributed by atoms with E-state index in [2.05, 4.69) is 10.6 Å². The Morgan fingerprint density at radius 3 is 2.26 bits per heavy atom. The number of rotatable bonds is 7. The van der Waals surface area contributed by atoms with E-state index in [9.17, 15) is 18.0 Å². The summed E-state index contributed by atoms with van der Waals surface area (Å²) in [6, 6.07) is 18.6. The average Bonchev–Trinajstić information content (AvgIpc) is 2.84. The molecule has 0 unspecified atom stereocenters. The van der Waals surface area contributed by atoms with E-state index >= 15 is 0 Å². The van der Waals surface area contributed by atoms with Crippen LogP contribution in [0.5, 0.6) is 0 Å². The molecule has 34 heavy (non-hydrogen) atoms. The second-order valence-electron chi connectivity index (χ2n) is 8.40. The molecule has 1 heterocycles. The fraction of sp³-hybridized carbons (Fsp3) is 0.308. The summed E-state index contributed by atoms with van der Waals surface area (Å²) < 4.78 is 28.9. The van der Waals surface area contributed by atoms with Crippen LogP contribution in [0.3, 0.4) is 0 Å². The predicted octanol–water partition coefficient (Wildman–Crippen LogP) is 4.16. The van der Waals surface area contributed by atoms with Gasteiger partial charge in [0.1, 0.15) is 0 Å². The first-order chi connectivity index (χ1) is 16.4. The van der Waals surface area contributed by atoms with Gasteiger partial charge in [-0.25, -0.2) is 12.7 Å². The number of amides is 2. The minimum absolute atomic E-state index is 0.0438. The molecule has 2 amide bonds. The van der Waals surface area contributed by atoms with Crippen molar-refractivity contribution in [2.24, 2.45) is 0 Å². The summed E-state index contributed by atoms with van der Waals surface area (Å²) in [5.41, 5.74) is 1.02. The number of hydrogen-bond donors (Lipinski definition) is 2. The van der Waals surface area contributed by atoms with Gasteiger partial charge in [-0.2, -0.15) is 0 Å². The van der Waals surface area contributed by atoms with E-state index in [1.807, 2.05) is 25.1 Å². The summed E-state index contributed by atoms with van der Waals surface area (Å²) in [6.45, 7) is 3.19. The summed E-state index contributed by atoms with van der Waals surface area (Å²) in [4.78, 5) is 26.1. The highest BCUT2D eigenvalue weighted by Gasteiger charge is 2.37. The maximum absolute atomic E-state index is 13.9. The van der Waals surface area contributed by atoms with Gasteiger partial charge >= 0.3 is 0 Å². The topological polar surface area (TPSA) is 95.6 Å². The number of sulfonamides is 1. The molecule has 0 aromatic heterocycles. The molecule has 0 atom stereocenters. The van der Waals surface area contributed by atoms with E-state index in [1.165, 1.54) is 12.1 Å². The van der Waals surface area contributed by atoms with E-state index in [1.54, 1.807) is 36.4 Å². The smallest absolute Gasteiger partial charge is 0.267 e. The fourth-order valence-corrected chi connectivity index (χ4v) is 6.29. The predicted molar refractivity (Wildman–Crippen MR) is 133 cm³/mol. The molecular weight excluding hydrogens is 450 g/mol. The molecule has 0 saturated carbocycles. The quantitative estimate of drug-likeness (QED) is 0.531. The van der Waals surface area contributed by atoms with Gasteiger partial charge in [-0.05, 0) is 62.0 Å². The van der Waals surface area contributed by atoms with Gasteiger partial charge in [0.15, 0.2) is 0 Å². The number of hydrogen-bond acceptors (Lipinski definition) is 5. The summed E-state index contributed by atoms with van der Waals surface area (Å²) in [5.74, 6) is -0.715. The number of carbonyl (C=O) groups is 2. The van der Waals surface area contributed by atoms with Crippen molar-refractivity contribution in [3.8, 4) is 0 Å². The van der Waals surface area contributed by atoms with Crippen molar-refractivity contribution in [3.05, 3.63) is 72.3 Å². The number of fused-ring (bicyclic) bond motifs is 1. The highest BCUT2D eigenvalue weighted by molar-refractivity contribution is 7.90. The molecule has 0 spiro atoms. The standard InChI is InChI=1S/C26H29N3O4S/c1-2-8-25(30)29(20-15-17-27-18-16-20)34(32,33)24-14-13-23(21-11-6-7-12-22(21)24)26(31)28-19-9-4-3-5-10-19/h3-7,9-14,20,27H,2,8,15-18H2,1H3,(H,28,31). The zero-order valence-corrected chi connectivity index (χ0v) is 20.0. The Morgan fingerprint density at radius 2 is 1.59 bits per heavy atom. The number of benzene rings is 3. The molecule has 2 N–H and O–H groups in total. The van der Waals surface area contributed by atoms with E-state index < -0.39 is 10.0 Å². The lowest BCUT2D eigenvalue weighted by Gasteiger charge is -2.34. The first-order valence-corrected chi connectivity index (χ1v) is 13.0. The molecule has 8 heteroatoms. The van der Waals surface area contributed by atoms with Gasteiger partial charge in [-0.15, -0.1) is 0 Å². The molecule has 1 fully saturated rings. The van der Waals surface area contributed by atoms with E-state index in [0.29, 0.717) is 54.4 Å². The second-order valence-corrected chi connectivity index (χ2v) is 10.2. The Bertz CT molecular complexity index is 1290. The van der Waals surface area contributed by atoms with Gasteiger partial charge in [0.05, 0.1) is 10.9 Å². The molecule has 1 saturated heterocycles. The van der Waals surface area contributed by atoms with Crippen LogP contribution in [0.4, 0.5) is 5.69 Å². The van der Waals surface area contributed by atoms with E-state index in [-0.39, 0.29) is 29.2 Å². The third-order valence-electron chi connectivity index (χ3n) is 6.05. The molecule has 4 rings (SSSR count). The van der Waals surface area contributed by atoms with Crippen molar-refractivity contribution in [1.82, 2.24) is 9.62 Å². The molecule has 0 aliphatic carbocycles. The Kier molecular flexibility index (Phi) is 7.29. The minimum atomic E-state index is -4.13. The van der Waals surface area contributed by atoms with Gasteiger partial charge in [-0.3, -0.25) is 9.59 Å². The first-order valence-electron chi connectivity index (χ1n) is 11.6. The Hall–Kier alpha value is -3.23. The number of piperidine rings is 1. The largest absolute Gasteiger partial charge is 0.322 e. The van der Waals surface area contributed by atoms with Gasteiger partial charge in [0.25, 0.3) is 15.9 Å². The zero-order valence-electron chi connectivity index (χ0n) is 19.2. The number of carbonyl (C=O) groups excluding carboxylic acids is 2. The average molecular weight is 480 g/mol. The highest BCUT2D eigenvalue weighted by Crippen LogP contribution is 2.31. The van der Waals surface area contributed by atoms with Crippen LogP contribution in [0, 0.1) is 0 Å². The fourth-order valence-electron chi connectivity index (χ4n) is 4.42. The molecule has 0 radical (unpaired) electrons. The molecule has 7 nitrogen and oxygen atoms in total. The maximum atomic E-state index is 13.9. The molecule has 178 valence electrons. The van der Waals surface area contributed by atoms with Crippen LogP contribution in [-0.2, 0) is 14.8 Å². The highest BCUT2D eigenvalue weighted by atomic mass is 32.2. The molecule has 3 aromatic carbocycles. The lowest BCUT2D eigenvalue weighted by molar-refractivity contribution is -0.128. The van der Waals surface area contributed by atoms with Crippen LogP contribution in [0.1, 0.15) is 43.0 Å². The lowest BCUT2D eigenvalue weighted by atomic mass is 10.0. The molecule has 3 aromatic rings. The molecule has 1 aliphatic rings. The molecular formula is C26H29N3O4S. The third kappa shape index (κ3) is 4.83. The summed E-state index contributed by atoms with van der Waals surface area (Å²) >= 11 is 0. The maximum Gasteiger partial charge on any atom is 0.267 e. The Morgan fingerprint density at radius 1 is 0.941 bits per heavy atom. The summed E-state index contributed by atoms with van der Waals surface area (Å²) in [6.07, 6.45) is 1.88. The van der Waals surface area contributed by atoms with Crippen molar-refractivity contribution in [1.29, 1.82) is 0 Å². The zero-order chi connectivity index (χ0) is 24.1. The number of nitrogens with zero attached hydrogens (tertiary/aromatic N) is 1. The van der Waals surface area contributed by atoms with Crippen LogP contribution < -0.4 is 10.6 Å². The first kappa shape index (κ1) is 23.9. The van der Waals surface area contributed by atoms with Crippen LogP contribution in [0.25, 0.3) is 10.8 Å². The lowest BCUT2D eigenvalue weighted by Crippen LogP contribution is -2.49. The van der Waals surface area contributed by atoms with Crippen LogP contribution >= 0.6 is 0 Å². The van der Waals surface area contributed by atoms with Crippen LogP contribution in [-0.4, -0.2) is 43.7 Å². The van der Waals surface area contributed by atoms with Gasteiger partial charge in [0.2, 0.25) is 5.91 Å². The minimum Gasteiger partial charge on any atom is -0.322 e. The van der Waals surface area contributed by atoms with Crippen LogP contribution in [0.15, 0.2) is 71.6 Å². The van der Waals surface area contributed by atoms with Gasteiger partial charge in [-0.1, -0.05) is 49.4 Å². The SMILES string of the molecule is CCCC(=O)N(C1CCNCC1)S(=O)(=O)c1ccc(C(=O)Nc2ccccc2)c2ccccc12. The summed E-state index contributed by atoms with van der Waals surface area (Å²) in [5, 5.41) is 7.02. The monoisotopic (exact) mass is 479 g/mol. The van der Waals surface area contributed by atoms with Crippen molar-refractivity contribution >= 4 is 38.3 Å². The van der Waals surface area contributed by atoms with Crippen LogP contribution in [0.2, 0.25) is 0 Å². The number of anilines is 1. The molecule has 1 aliphatic heterocycles. The number of para-hydroxylation sites is 1. The Balaban J connectivity index is 1.78. The van der Waals surface area contributed by atoms with Crippen molar-refractivity contribution in [2.75, 3.05) is 18.4 Å². The second kappa shape index (κ2) is 10.4. The van der Waals surface area contributed by atoms with Crippen molar-refractivity contribution in [2.45, 2.75) is 43.5 Å². The van der Waals surface area contributed by atoms with Crippen molar-refractivity contribution in [3.63, 3.8) is 0 Å². The Labute approximate surface area is 200 Å². The normalized spacial score (nSPS) is 14.6. The molecule has 0 bridgehead atoms.